The lowest BCUT2D eigenvalue weighted by atomic mass is 10.2. The molecule has 2 heterocycles. The van der Waals surface area contributed by atoms with Crippen molar-refractivity contribution in [2.45, 2.75) is 24.1 Å². The molecule has 2 saturated heterocycles. The van der Waals surface area contributed by atoms with Crippen molar-refractivity contribution in [2.24, 2.45) is 10.9 Å². The van der Waals surface area contributed by atoms with Gasteiger partial charge in [0.2, 0.25) is 0 Å². The molecule has 0 aromatic heterocycles. The number of amidine groups is 1. The molecule has 3 fully saturated rings. The first-order valence-electron chi connectivity index (χ1n) is 7.47. The summed E-state index contributed by atoms with van der Waals surface area (Å²) in [6.07, 6.45) is 1.73. The Morgan fingerprint density at radius 3 is 2.78 bits per heavy atom. The van der Waals surface area contributed by atoms with Crippen molar-refractivity contribution in [2.75, 3.05) is 16.4 Å². The van der Waals surface area contributed by atoms with E-state index in [2.05, 4.69) is 4.99 Å². The van der Waals surface area contributed by atoms with Gasteiger partial charge >= 0.3 is 0 Å². The molecule has 0 unspecified atom stereocenters. The lowest BCUT2D eigenvalue weighted by Gasteiger charge is -2.24. The highest BCUT2D eigenvalue weighted by atomic mass is 32.2. The van der Waals surface area contributed by atoms with Crippen LogP contribution in [-0.2, 0) is 14.6 Å². The first kappa shape index (κ1) is 15.1. The molecular weight excluding hydrogens is 339 g/mol. The number of fused-ring (bicyclic) bond motifs is 1. The molecule has 0 N–H and O–H groups in total. The number of carbonyl (C=O) groups excluding carboxylic acids is 1. The highest BCUT2D eigenvalue weighted by Gasteiger charge is 2.49. The van der Waals surface area contributed by atoms with Crippen LogP contribution in [0.2, 0.25) is 0 Å². The zero-order valence-corrected chi connectivity index (χ0v) is 13.8. The molecule has 3 aliphatic rings. The SMILES string of the molecule is O=C(N=C1S[C@@H]2CS(=O)(=O)C[C@@H]2N1c1cccc(F)c1)C1CC1. The number of aliphatic imine (C=N–C) groups is 1. The summed E-state index contributed by atoms with van der Waals surface area (Å²) in [5.41, 5.74) is 0.546. The van der Waals surface area contributed by atoms with Crippen LogP contribution in [-0.4, -0.2) is 42.3 Å². The third kappa shape index (κ3) is 2.89. The van der Waals surface area contributed by atoms with Crippen molar-refractivity contribution in [3.63, 3.8) is 0 Å². The highest BCUT2D eigenvalue weighted by molar-refractivity contribution is 8.16. The monoisotopic (exact) mass is 354 g/mol. The van der Waals surface area contributed by atoms with Crippen LogP contribution in [0, 0.1) is 11.7 Å². The lowest BCUT2D eigenvalue weighted by Crippen LogP contribution is -2.37. The second kappa shape index (κ2) is 5.31. The fourth-order valence-corrected chi connectivity index (χ4v) is 6.93. The number of hydrogen-bond donors (Lipinski definition) is 0. The van der Waals surface area contributed by atoms with Gasteiger partial charge in [0.05, 0.1) is 17.5 Å². The standard InChI is InChI=1S/C15H15FN2O3S2/c16-10-2-1-3-11(6-10)18-12-7-23(20,21)8-13(12)22-15(18)17-14(19)9-4-5-9/h1-3,6,9,12-13H,4-5,7-8H2/t12-,13+/m0/s1. The Labute approximate surface area is 137 Å². The van der Waals surface area contributed by atoms with Gasteiger partial charge in [0, 0.05) is 16.9 Å². The quantitative estimate of drug-likeness (QED) is 0.811. The number of hydrogen-bond acceptors (Lipinski definition) is 4. The van der Waals surface area contributed by atoms with Crippen LogP contribution in [0.1, 0.15) is 12.8 Å². The van der Waals surface area contributed by atoms with E-state index in [1.807, 2.05) is 0 Å². The topological polar surface area (TPSA) is 66.8 Å². The Morgan fingerprint density at radius 1 is 1.30 bits per heavy atom. The Balaban J connectivity index is 1.73. The Morgan fingerprint density at radius 2 is 2.09 bits per heavy atom. The molecule has 122 valence electrons. The van der Waals surface area contributed by atoms with Crippen LogP contribution >= 0.6 is 11.8 Å². The molecule has 0 bridgehead atoms. The second-order valence-electron chi connectivity index (χ2n) is 6.16. The molecule has 2 aliphatic heterocycles. The van der Waals surface area contributed by atoms with E-state index in [9.17, 15) is 17.6 Å². The number of amides is 1. The molecule has 1 aliphatic carbocycles. The Kier molecular flexibility index (Phi) is 3.49. The maximum absolute atomic E-state index is 13.6. The third-order valence-electron chi connectivity index (χ3n) is 4.29. The summed E-state index contributed by atoms with van der Waals surface area (Å²) < 4.78 is 37.4. The minimum atomic E-state index is -3.11. The van der Waals surface area contributed by atoms with Crippen molar-refractivity contribution in [3.05, 3.63) is 30.1 Å². The minimum Gasteiger partial charge on any atom is -0.315 e. The van der Waals surface area contributed by atoms with E-state index in [1.54, 1.807) is 17.0 Å². The summed E-state index contributed by atoms with van der Waals surface area (Å²) in [4.78, 5) is 18.0. The summed E-state index contributed by atoms with van der Waals surface area (Å²) in [6, 6.07) is 5.69. The number of carbonyl (C=O) groups is 1. The average Bonchev–Trinajstić information content (AvgIpc) is 3.20. The van der Waals surface area contributed by atoms with E-state index >= 15 is 0 Å². The molecular formula is C15H15FN2O3S2. The van der Waals surface area contributed by atoms with Crippen molar-refractivity contribution < 1.29 is 17.6 Å². The summed E-state index contributed by atoms with van der Waals surface area (Å²) in [5.74, 6) is -0.467. The number of benzene rings is 1. The summed E-state index contributed by atoms with van der Waals surface area (Å²) in [6.45, 7) is 0. The highest BCUT2D eigenvalue weighted by Crippen LogP contribution is 2.41. The number of nitrogens with zero attached hydrogens (tertiary/aromatic N) is 2. The van der Waals surface area contributed by atoms with E-state index in [-0.39, 0.29) is 34.6 Å². The van der Waals surface area contributed by atoms with Gasteiger partial charge in [-0.05, 0) is 31.0 Å². The average molecular weight is 354 g/mol. The first-order valence-corrected chi connectivity index (χ1v) is 10.2. The molecule has 2 atom stereocenters. The zero-order valence-electron chi connectivity index (χ0n) is 12.2. The number of anilines is 1. The van der Waals surface area contributed by atoms with Crippen LogP contribution in [0.15, 0.2) is 29.3 Å². The maximum Gasteiger partial charge on any atom is 0.251 e. The molecule has 8 heteroatoms. The zero-order chi connectivity index (χ0) is 16.2. The largest absolute Gasteiger partial charge is 0.315 e. The van der Waals surface area contributed by atoms with E-state index < -0.39 is 15.7 Å². The van der Waals surface area contributed by atoms with E-state index in [4.69, 9.17) is 0 Å². The van der Waals surface area contributed by atoms with Crippen molar-refractivity contribution in [3.8, 4) is 0 Å². The van der Waals surface area contributed by atoms with Crippen LogP contribution in [0.5, 0.6) is 0 Å². The predicted octanol–water partition coefficient (Wildman–Crippen LogP) is 1.84. The smallest absolute Gasteiger partial charge is 0.251 e. The molecule has 1 amide bonds. The lowest BCUT2D eigenvalue weighted by molar-refractivity contribution is -0.118. The fourth-order valence-electron chi connectivity index (χ4n) is 3.01. The summed E-state index contributed by atoms with van der Waals surface area (Å²) in [5, 5.41) is 0.339. The van der Waals surface area contributed by atoms with Gasteiger partial charge in [-0.1, -0.05) is 17.8 Å². The third-order valence-corrected chi connectivity index (χ3v) is 7.50. The molecule has 4 rings (SSSR count). The fraction of sp³-hybridized carbons (Fsp3) is 0.467. The van der Waals surface area contributed by atoms with Crippen molar-refractivity contribution in [1.82, 2.24) is 0 Å². The van der Waals surface area contributed by atoms with Gasteiger partial charge in [-0.3, -0.25) is 4.79 Å². The van der Waals surface area contributed by atoms with Gasteiger partial charge in [0.15, 0.2) is 15.0 Å². The van der Waals surface area contributed by atoms with Gasteiger partial charge < -0.3 is 4.90 Å². The van der Waals surface area contributed by atoms with Crippen LogP contribution in [0.4, 0.5) is 10.1 Å². The predicted molar refractivity (Wildman–Crippen MR) is 87.9 cm³/mol. The number of rotatable bonds is 2. The normalized spacial score (nSPS) is 30.7. The molecule has 1 aromatic carbocycles. The second-order valence-corrected chi connectivity index (χ2v) is 9.52. The first-order chi connectivity index (χ1) is 10.9. The molecule has 1 saturated carbocycles. The summed E-state index contributed by atoms with van der Waals surface area (Å²) in [7, 11) is -3.11. The number of sulfone groups is 1. The van der Waals surface area contributed by atoms with E-state index in [0.717, 1.165) is 12.8 Å². The molecule has 5 nitrogen and oxygen atoms in total. The van der Waals surface area contributed by atoms with Crippen molar-refractivity contribution >= 4 is 38.4 Å². The summed E-state index contributed by atoms with van der Waals surface area (Å²) >= 11 is 1.32. The van der Waals surface area contributed by atoms with Crippen LogP contribution < -0.4 is 4.90 Å². The Hall–Kier alpha value is -1.41. The van der Waals surface area contributed by atoms with Crippen molar-refractivity contribution in [1.29, 1.82) is 0 Å². The minimum absolute atomic E-state index is 0.00151. The van der Waals surface area contributed by atoms with Gasteiger partial charge in [0.1, 0.15) is 5.82 Å². The maximum atomic E-state index is 13.6. The molecule has 23 heavy (non-hydrogen) atoms. The van der Waals surface area contributed by atoms with Gasteiger partial charge in [-0.15, -0.1) is 0 Å². The van der Waals surface area contributed by atoms with Gasteiger partial charge in [0.25, 0.3) is 5.91 Å². The molecule has 0 radical (unpaired) electrons. The van der Waals surface area contributed by atoms with Crippen LogP contribution in [0.25, 0.3) is 0 Å². The number of thioether (sulfide) groups is 1. The van der Waals surface area contributed by atoms with Gasteiger partial charge in [-0.2, -0.15) is 4.99 Å². The van der Waals surface area contributed by atoms with E-state index in [1.165, 1.54) is 23.9 Å². The number of halogens is 1. The van der Waals surface area contributed by atoms with E-state index in [0.29, 0.717) is 10.9 Å². The molecule has 0 spiro atoms. The Bertz CT molecular complexity index is 805. The van der Waals surface area contributed by atoms with Gasteiger partial charge in [-0.25, -0.2) is 12.8 Å². The van der Waals surface area contributed by atoms with Crippen LogP contribution in [0.3, 0.4) is 0 Å². The molecule has 1 aromatic rings.